The van der Waals surface area contributed by atoms with Crippen LogP contribution < -0.4 is 5.32 Å². The highest BCUT2D eigenvalue weighted by molar-refractivity contribution is 5.81. The second kappa shape index (κ2) is 6.36. The summed E-state index contributed by atoms with van der Waals surface area (Å²) in [7, 11) is 2.11. The number of hydrogen-bond acceptors (Lipinski definition) is 4. The smallest absolute Gasteiger partial charge is 0.326 e. The SMILES string of the molecule is CCCNC1(C(=O)OCC)CCN(C)C(C)C1. The van der Waals surface area contributed by atoms with Crippen molar-refractivity contribution in [2.75, 3.05) is 26.7 Å². The second-order valence-electron chi connectivity index (χ2n) is 5.01. The van der Waals surface area contributed by atoms with Crippen molar-refractivity contribution in [1.29, 1.82) is 0 Å². The van der Waals surface area contributed by atoms with Crippen molar-refractivity contribution in [3.05, 3.63) is 0 Å². The van der Waals surface area contributed by atoms with Crippen LogP contribution in [0, 0.1) is 0 Å². The number of nitrogens with one attached hydrogen (secondary N) is 1. The number of piperidine rings is 1. The summed E-state index contributed by atoms with van der Waals surface area (Å²) in [6, 6.07) is 0.414. The largest absolute Gasteiger partial charge is 0.465 e. The van der Waals surface area contributed by atoms with Crippen LogP contribution in [0.25, 0.3) is 0 Å². The summed E-state index contributed by atoms with van der Waals surface area (Å²) in [5.74, 6) is -0.0756. The van der Waals surface area contributed by atoms with E-state index < -0.39 is 5.54 Å². The first-order valence-electron chi connectivity index (χ1n) is 6.68. The lowest BCUT2D eigenvalue weighted by Crippen LogP contribution is -2.60. The molecule has 4 heteroatoms. The molecule has 0 saturated carbocycles. The minimum absolute atomic E-state index is 0.0756. The van der Waals surface area contributed by atoms with Crippen LogP contribution in [0.2, 0.25) is 0 Å². The first kappa shape index (κ1) is 14.5. The van der Waals surface area contributed by atoms with E-state index in [0.29, 0.717) is 12.6 Å². The van der Waals surface area contributed by atoms with Gasteiger partial charge in [-0.3, -0.25) is 4.79 Å². The zero-order valence-corrected chi connectivity index (χ0v) is 11.6. The van der Waals surface area contributed by atoms with Crippen LogP contribution in [-0.2, 0) is 9.53 Å². The predicted octanol–water partition coefficient (Wildman–Crippen LogP) is 1.40. The summed E-state index contributed by atoms with van der Waals surface area (Å²) >= 11 is 0. The Bertz CT molecular complexity index is 254. The first-order chi connectivity index (χ1) is 8.05. The van der Waals surface area contributed by atoms with Gasteiger partial charge < -0.3 is 15.0 Å². The second-order valence-corrected chi connectivity index (χ2v) is 5.01. The molecule has 0 aromatic carbocycles. The Kier molecular flexibility index (Phi) is 5.40. The summed E-state index contributed by atoms with van der Waals surface area (Å²) < 4.78 is 5.25. The molecule has 2 unspecified atom stereocenters. The van der Waals surface area contributed by atoms with Crippen LogP contribution in [0.1, 0.15) is 40.0 Å². The molecule has 1 aliphatic heterocycles. The van der Waals surface area contributed by atoms with Gasteiger partial charge in [0.2, 0.25) is 0 Å². The van der Waals surface area contributed by atoms with Crippen LogP contribution in [0.3, 0.4) is 0 Å². The number of rotatable bonds is 5. The van der Waals surface area contributed by atoms with Crippen molar-refractivity contribution < 1.29 is 9.53 Å². The molecule has 0 amide bonds. The third-order valence-corrected chi connectivity index (χ3v) is 3.67. The normalized spacial score (nSPS) is 30.2. The number of hydrogen-bond donors (Lipinski definition) is 1. The van der Waals surface area contributed by atoms with Gasteiger partial charge in [0.25, 0.3) is 0 Å². The molecular weight excluding hydrogens is 216 g/mol. The predicted molar refractivity (Wildman–Crippen MR) is 69.0 cm³/mol. The van der Waals surface area contributed by atoms with E-state index in [1.54, 1.807) is 0 Å². The molecule has 17 heavy (non-hydrogen) atoms. The highest BCUT2D eigenvalue weighted by atomic mass is 16.5. The number of carbonyl (C=O) groups is 1. The fraction of sp³-hybridized carbons (Fsp3) is 0.923. The average molecular weight is 242 g/mol. The van der Waals surface area contributed by atoms with Gasteiger partial charge in [-0.25, -0.2) is 0 Å². The molecule has 100 valence electrons. The van der Waals surface area contributed by atoms with Crippen LogP contribution in [0.5, 0.6) is 0 Å². The number of nitrogens with zero attached hydrogens (tertiary/aromatic N) is 1. The lowest BCUT2D eigenvalue weighted by atomic mass is 9.83. The highest BCUT2D eigenvalue weighted by Crippen LogP contribution is 2.27. The Morgan fingerprint density at radius 2 is 2.24 bits per heavy atom. The molecule has 1 fully saturated rings. The third-order valence-electron chi connectivity index (χ3n) is 3.67. The number of carbonyl (C=O) groups excluding carboxylic acids is 1. The molecule has 0 bridgehead atoms. The van der Waals surface area contributed by atoms with E-state index in [0.717, 1.165) is 32.4 Å². The fourth-order valence-corrected chi connectivity index (χ4v) is 2.40. The molecule has 1 saturated heterocycles. The number of likely N-dealkylation sites (tertiary alicyclic amines) is 1. The van der Waals surface area contributed by atoms with Crippen molar-refractivity contribution in [3.63, 3.8) is 0 Å². The van der Waals surface area contributed by atoms with Crippen molar-refractivity contribution >= 4 is 5.97 Å². The summed E-state index contributed by atoms with van der Waals surface area (Å²) in [5.41, 5.74) is -0.460. The maximum Gasteiger partial charge on any atom is 0.326 e. The Balaban J connectivity index is 2.75. The van der Waals surface area contributed by atoms with Gasteiger partial charge in [-0.05, 0) is 46.7 Å². The standard InChI is InChI=1S/C13H26N2O2/c1-5-8-14-13(12(16)17-6-2)7-9-15(4)11(3)10-13/h11,14H,5-10H2,1-4H3. The van der Waals surface area contributed by atoms with Crippen LogP contribution in [0.4, 0.5) is 0 Å². The number of ether oxygens (including phenoxy) is 1. The quantitative estimate of drug-likeness (QED) is 0.740. The van der Waals surface area contributed by atoms with Gasteiger partial charge in [0.05, 0.1) is 6.61 Å². The van der Waals surface area contributed by atoms with E-state index in [-0.39, 0.29) is 5.97 Å². The van der Waals surface area contributed by atoms with Gasteiger partial charge >= 0.3 is 5.97 Å². The highest BCUT2D eigenvalue weighted by Gasteiger charge is 2.43. The molecular formula is C13H26N2O2. The lowest BCUT2D eigenvalue weighted by Gasteiger charge is -2.43. The molecule has 1 aliphatic rings. The molecule has 0 aromatic rings. The van der Waals surface area contributed by atoms with Crippen LogP contribution in [0.15, 0.2) is 0 Å². The van der Waals surface area contributed by atoms with Crippen molar-refractivity contribution in [2.24, 2.45) is 0 Å². The van der Waals surface area contributed by atoms with E-state index in [1.807, 2.05) is 6.92 Å². The van der Waals surface area contributed by atoms with Gasteiger partial charge in [-0.15, -0.1) is 0 Å². The van der Waals surface area contributed by atoms with Crippen molar-refractivity contribution in [1.82, 2.24) is 10.2 Å². The average Bonchev–Trinajstić information content (AvgIpc) is 2.31. The van der Waals surface area contributed by atoms with Crippen LogP contribution >= 0.6 is 0 Å². The maximum atomic E-state index is 12.2. The topological polar surface area (TPSA) is 41.6 Å². The Morgan fingerprint density at radius 1 is 1.53 bits per heavy atom. The van der Waals surface area contributed by atoms with Gasteiger partial charge in [0.1, 0.15) is 5.54 Å². The van der Waals surface area contributed by atoms with Gasteiger partial charge in [0.15, 0.2) is 0 Å². The van der Waals surface area contributed by atoms with Gasteiger partial charge in [-0.2, -0.15) is 0 Å². The summed E-state index contributed by atoms with van der Waals surface area (Å²) in [4.78, 5) is 14.5. The molecule has 0 spiro atoms. The molecule has 2 atom stereocenters. The van der Waals surface area contributed by atoms with E-state index in [4.69, 9.17) is 4.74 Å². The van der Waals surface area contributed by atoms with E-state index in [1.165, 1.54) is 0 Å². The zero-order chi connectivity index (χ0) is 12.9. The Morgan fingerprint density at radius 3 is 2.76 bits per heavy atom. The fourth-order valence-electron chi connectivity index (χ4n) is 2.40. The summed E-state index contributed by atoms with van der Waals surface area (Å²) in [6.45, 7) is 8.42. The van der Waals surface area contributed by atoms with E-state index in [9.17, 15) is 4.79 Å². The van der Waals surface area contributed by atoms with E-state index >= 15 is 0 Å². The first-order valence-corrected chi connectivity index (χ1v) is 6.68. The van der Waals surface area contributed by atoms with E-state index in [2.05, 4.69) is 31.1 Å². The Hall–Kier alpha value is -0.610. The van der Waals surface area contributed by atoms with Crippen molar-refractivity contribution in [3.8, 4) is 0 Å². The van der Waals surface area contributed by atoms with Crippen molar-refractivity contribution in [2.45, 2.75) is 51.6 Å². The summed E-state index contributed by atoms with van der Waals surface area (Å²) in [6.07, 6.45) is 2.71. The lowest BCUT2D eigenvalue weighted by molar-refractivity contribution is -0.154. The zero-order valence-electron chi connectivity index (χ0n) is 11.6. The maximum absolute atomic E-state index is 12.2. The molecule has 1 N–H and O–H groups in total. The third kappa shape index (κ3) is 3.42. The molecule has 0 aromatic heterocycles. The summed E-state index contributed by atoms with van der Waals surface area (Å²) in [5, 5.41) is 3.42. The van der Waals surface area contributed by atoms with Crippen LogP contribution in [-0.4, -0.2) is 49.2 Å². The molecule has 4 nitrogen and oxygen atoms in total. The monoisotopic (exact) mass is 242 g/mol. The minimum Gasteiger partial charge on any atom is -0.465 e. The molecule has 1 rings (SSSR count). The Labute approximate surface area is 105 Å². The van der Waals surface area contributed by atoms with Gasteiger partial charge in [-0.1, -0.05) is 6.92 Å². The number of esters is 1. The molecule has 1 heterocycles. The van der Waals surface area contributed by atoms with Gasteiger partial charge in [0, 0.05) is 12.6 Å². The minimum atomic E-state index is -0.460. The molecule has 0 aliphatic carbocycles. The molecule has 0 radical (unpaired) electrons.